The van der Waals surface area contributed by atoms with Crippen LogP contribution in [0.1, 0.15) is 23.5 Å². The molecule has 0 fully saturated rings. The van der Waals surface area contributed by atoms with Gasteiger partial charge in [-0.05, 0) is 47.5 Å². The predicted molar refractivity (Wildman–Crippen MR) is 127 cm³/mol. The third kappa shape index (κ3) is 4.33. The summed E-state index contributed by atoms with van der Waals surface area (Å²) in [6, 6.07) is 19.1. The molecule has 0 spiro atoms. The number of benzene rings is 3. The first-order valence-corrected chi connectivity index (χ1v) is 10.4. The maximum atomic E-state index is 11.9. The van der Waals surface area contributed by atoms with E-state index < -0.39 is 24.3 Å². The summed E-state index contributed by atoms with van der Waals surface area (Å²) in [5.74, 6) is -3.85. The fourth-order valence-electron chi connectivity index (χ4n) is 3.96. The van der Waals surface area contributed by atoms with Gasteiger partial charge in [0, 0.05) is 27.6 Å². The first-order valence-electron chi connectivity index (χ1n) is 10.4. The van der Waals surface area contributed by atoms with Gasteiger partial charge in [-0.1, -0.05) is 30.3 Å². The fourth-order valence-corrected chi connectivity index (χ4v) is 3.96. The van der Waals surface area contributed by atoms with Crippen LogP contribution in [0.4, 0.5) is 0 Å². The minimum atomic E-state index is -1.29. The number of rotatable bonds is 7. The number of methoxy groups -OCH3 is 1. The molecule has 8 nitrogen and oxygen atoms in total. The van der Waals surface area contributed by atoms with E-state index in [0.717, 1.165) is 10.9 Å². The fraction of sp³-hybridized carbons (Fsp3) is 0.115. The molecule has 0 aliphatic rings. The number of carboxylic acids is 2. The molecule has 0 amide bonds. The van der Waals surface area contributed by atoms with E-state index in [0.29, 0.717) is 27.9 Å². The van der Waals surface area contributed by atoms with Crippen LogP contribution in [0.2, 0.25) is 0 Å². The van der Waals surface area contributed by atoms with Gasteiger partial charge >= 0.3 is 11.9 Å². The normalized spacial score (nSPS) is 11.8. The molecular weight excluding hydrogens is 436 g/mol. The second kappa shape index (κ2) is 9.11. The van der Waals surface area contributed by atoms with Crippen molar-refractivity contribution in [1.29, 1.82) is 5.41 Å². The number of nitrogens with one attached hydrogen (secondary N) is 2. The molecule has 0 saturated carbocycles. The summed E-state index contributed by atoms with van der Waals surface area (Å²) in [6.45, 7) is 0. The Morgan fingerprint density at radius 2 is 1.71 bits per heavy atom. The van der Waals surface area contributed by atoms with Crippen LogP contribution >= 0.6 is 0 Å². The van der Waals surface area contributed by atoms with Crippen molar-refractivity contribution in [3.63, 3.8) is 0 Å². The zero-order valence-electron chi connectivity index (χ0n) is 18.2. The smallest absolute Gasteiger partial charge is 0.311 e. The lowest BCUT2D eigenvalue weighted by Crippen LogP contribution is -2.16. The van der Waals surface area contributed by atoms with Gasteiger partial charge in [0.25, 0.3) is 0 Å². The topological polar surface area (TPSA) is 144 Å². The molecule has 0 radical (unpaired) electrons. The van der Waals surface area contributed by atoms with Crippen LogP contribution < -0.4 is 0 Å². The Kier molecular flexibility index (Phi) is 6.05. The quantitative estimate of drug-likeness (QED) is 0.198. The van der Waals surface area contributed by atoms with Gasteiger partial charge in [-0.2, -0.15) is 0 Å². The summed E-state index contributed by atoms with van der Waals surface area (Å²) < 4.78 is 4.99. The van der Waals surface area contributed by atoms with Crippen LogP contribution in [0.15, 0.2) is 66.7 Å². The van der Waals surface area contributed by atoms with Crippen LogP contribution in [-0.2, 0) is 14.3 Å². The highest BCUT2D eigenvalue weighted by atomic mass is 16.5. The van der Waals surface area contributed by atoms with Crippen molar-refractivity contribution in [3.8, 4) is 28.1 Å². The molecule has 5 N–H and O–H groups in total. The van der Waals surface area contributed by atoms with Gasteiger partial charge in [0.2, 0.25) is 5.90 Å². The lowest BCUT2D eigenvalue weighted by Gasteiger charge is -2.16. The molecule has 0 bridgehead atoms. The average Bonchev–Trinajstić information content (AvgIpc) is 3.25. The van der Waals surface area contributed by atoms with E-state index in [-0.39, 0.29) is 17.2 Å². The second-order valence-corrected chi connectivity index (χ2v) is 7.84. The van der Waals surface area contributed by atoms with E-state index in [2.05, 4.69) is 4.98 Å². The molecular formula is C26H22N2O6. The molecule has 172 valence electrons. The molecule has 4 rings (SSSR count). The van der Waals surface area contributed by atoms with Crippen LogP contribution in [0.5, 0.6) is 5.75 Å². The lowest BCUT2D eigenvalue weighted by atomic mass is 9.89. The maximum absolute atomic E-state index is 11.9. The molecule has 0 aliphatic heterocycles. The van der Waals surface area contributed by atoms with Crippen LogP contribution in [0.25, 0.3) is 33.3 Å². The molecule has 0 saturated heterocycles. The molecule has 1 heterocycles. The maximum Gasteiger partial charge on any atom is 0.311 e. The average molecular weight is 458 g/mol. The highest BCUT2D eigenvalue weighted by Crippen LogP contribution is 2.42. The number of ether oxygens (including phenoxy) is 1. The Morgan fingerprint density at radius 3 is 2.35 bits per heavy atom. The summed E-state index contributed by atoms with van der Waals surface area (Å²) in [5.41, 5.74) is 3.51. The van der Waals surface area contributed by atoms with Crippen LogP contribution in [0, 0.1) is 5.41 Å². The summed E-state index contributed by atoms with van der Waals surface area (Å²) in [5, 5.41) is 38.8. The first-order chi connectivity index (χ1) is 16.3. The first kappa shape index (κ1) is 22.6. The van der Waals surface area contributed by atoms with Crippen molar-refractivity contribution in [3.05, 3.63) is 77.9 Å². The molecule has 1 atom stereocenters. The van der Waals surface area contributed by atoms with E-state index in [1.165, 1.54) is 19.2 Å². The monoisotopic (exact) mass is 458 g/mol. The minimum absolute atomic E-state index is 0.0128. The van der Waals surface area contributed by atoms with E-state index in [4.69, 9.17) is 10.1 Å². The van der Waals surface area contributed by atoms with Crippen molar-refractivity contribution in [2.45, 2.75) is 12.3 Å². The van der Waals surface area contributed by atoms with Crippen molar-refractivity contribution >= 4 is 28.7 Å². The van der Waals surface area contributed by atoms with Crippen molar-refractivity contribution in [2.24, 2.45) is 0 Å². The van der Waals surface area contributed by atoms with Crippen LogP contribution in [0.3, 0.4) is 0 Å². The van der Waals surface area contributed by atoms with Gasteiger partial charge < -0.3 is 25.0 Å². The number of carbonyl (C=O) groups is 2. The Bertz CT molecular complexity index is 1410. The zero-order chi connectivity index (χ0) is 24.4. The number of phenolic OH excluding ortho intramolecular Hbond substituents is 1. The van der Waals surface area contributed by atoms with Crippen molar-refractivity contribution in [2.75, 3.05) is 7.11 Å². The van der Waals surface area contributed by atoms with Gasteiger partial charge in [0.1, 0.15) is 5.75 Å². The van der Waals surface area contributed by atoms with Gasteiger partial charge in [-0.25, -0.2) is 0 Å². The molecule has 4 aromatic rings. The van der Waals surface area contributed by atoms with Crippen molar-refractivity contribution < 1.29 is 29.6 Å². The van der Waals surface area contributed by atoms with Gasteiger partial charge in [0.05, 0.1) is 25.1 Å². The molecule has 8 heteroatoms. The van der Waals surface area contributed by atoms with Crippen molar-refractivity contribution in [1.82, 2.24) is 4.98 Å². The number of carboxylic acid groups (broad SMARTS) is 2. The highest BCUT2D eigenvalue weighted by molar-refractivity contribution is 5.98. The van der Waals surface area contributed by atoms with E-state index in [1.807, 2.05) is 6.07 Å². The number of aromatic hydroxyl groups is 1. The molecule has 3 aromatic carbocycles. The molecule has 0 aliphatic carbocycles. The predicted octanol–water partition coefficient (Wildman–Crippen LogP) is 4.82. The zero-order valence-corrected chi connectivity index (χ0v) is 18.2. The summed E-state index contributed by atoms with van der Waals surface area (Å²) in [7, 11) is 1.42. The Morgan fingerprint density at radius 1 is 1.00 bits per heavy atom. The Labute approximate surface area is 194 Å². The molecule has 34 heavy (non-hydrogen) atoms. The number of phenols is 1. The minimum Gasteiger partial charge on any atom is -0.507 e. The highest BCUT2D eigenvalue weighted by Gasteiger charge is 2.26. The summed E-state index contributed by atoms with van der Waals surface area (Å²) in [4.78, 5) is 26.5. The third-order valence-electron chi connectivity index (χ3n) is 5.67. The second-order valence-electron chi connectivity index (χ2n) is 7.84. The largest absolute Gasteiger partial charge is 0.507 e. The molecule has 1 aromatic heterocycles. The van der Waals surface area contributed by atoms with Crippen LogP contribution in [-0.4, -0.2) is 45.2 Å². The number of aromatic amines is 1. The lowest BCUT2D eigenvalue weighted by molar-refractivity contribution is -0.145. The SMILES string of the molecule is COC(=N)c1ccc2[nH]c(-c3cc(C(CC(=O)O)C(=O)O)cc(-c4ccccc4)c3O)cc2c1. The van der Waals surface area contributed by atoms with Gasteiger partial charge in [-0.15, -0.1) is 0 Å². The van der Waals surface area contributed by atoms with E-state index >= 15 is 0 Å². The third-order valence-corrected chi connectivity index (χ3v) is 5.67. The van der Waals surface area contributed by atoms with Gasteiger partial charge in [-0.3, -0.25) is 15.0 Å². The number of H-pyrrole nitrogens is 1. The molecule has 1 unspecified atom stereocenters. The standard InChI is InChI=1S/C26H22N2O6/c1-34-25(27)15-7-8-21-17(9-15)12-22(28-21)20-11-16(19(26(32)33)13-23(29)30)10-18(24(20)31)14-5-3-2-4-6-14/h2-12,19,27-28,31H,13H2,1H3,(H,29,30)(H,32,33). The van der Waals surface area contributed by atoms with Gasteiger partial charge in [0.15, 0.2) is 0 Å². The number of hydrogen-bond donors (Lipinski definition) is 5. The number of aliphatic carboxylic acids is 2. The Hall–Kier alpha value is -4.59. The number of aromatic nitrogens is 1. The summed E-state index contributed by atoms with van der Waals surface area (Å²) >= 11 is 0. The number of hydrogen-bond acceptors (Lipinski definition) is 5. The van der Waals surface area contributed by atoms with E-state index in [1.54, 1.807) is 48.5 Å². The number of fused-ring (bicyclic) bond motifs is 1. The van der Waals surface area contributed by atoms with E-state index in [9.17, 15) is 24.9 Å². The summed E-state index contributed by atoms with van der Waals surface area (Å²) in [6.07, 6.45) is -0.594. The Balaban J connectivity index is 1.93.